The van der Waals surface area contributed by atoms with Gasteiger partial charge in [0, 0.05) is 0 Å². The molecule has 78 valence electrons. The summed E-state index contributed by atoms with van der Waals surface area (Å²) in [6.07, 6.45) is -3.90. The maximum absolute atomic E-state index is 11.8. The molecular weight excluding hydrogens is 213 g/mol. The Balaban J connectivity index is 3.05. The normalized spacial score (nSPS) is 10.5. The van der Waals surface area contributed by atoms with Gasteiger partial charge in [-0.3, -0.25) is 4.79 Å². The van der Waals surface area contributed by atoms with E-state index in [1.54, 1.807) is 6.07 Å². The maximum atomic E-state index is 11.8. The van der Waals surface area contributed by atoms with Crippen LogP contribution in [-0.2, 0) is 0 Å². The van der Waals surface area contributed by atoms with Crippen molar-refractivity contribution in [2.24, 2.45) is 0 Å². The molecule has 0 aliphatic carbocycles. The lowest BCUT2D eigenvalue weighted by Gasteiger charge is -2.08. The number of nitriles is 1. The molecule has 0 fully saturated rings. The molecule has 7 heteroatoms. The molecule has 0 amide bonds. The van der Waals surface area contributed by atoms with Crippen molar-refractivity contribution in [1.82, 2.24) is 4.98 Å². The van der Waals surface area contributed by atoms with Crippen LogP contribution in [0.25, 0.3) is 0 Å². The number of rotatable bonds is 2. The van der Waals surface area contributed by atoms with Crippen molar-refractivity contribution in [1.29, 1.82) is 5.26 Å². The van der Waals surface area contributed by atoms with Gasteiger partial charge in [-0.1, -0.05) is 0 Å². The second-order valence-electron chi connectivity index (χ2n) is 2.39. The van der Waals surface area contributed by atoms with Gasteiger partial charge in [0.1, 0.15) is 11.8 Å². The summed E-state index contributed by atoms with van der Waals surface area (Å²) in [6.45, 7) is 0. The first-order chi connectivity index (χ1) is 6.96. The molecule has 0 bridgehead atoms. The third-order valence-electron chi connectivity index (χ3n) is 1.36. The summed E-state index contributed by atoms with van der Waals surface area (Å²) in [4.78, 5) is 13.7. The molecule has 0 aliphatic heterocycles. The molecule has 0 aliphatic rings. The zero-order chi connectivity index (χ0) is 11.5. The summed E-state index contributed by atoms with van der Waals surface area (Å²) in [5, 5.41) is 8.44. The molecule has 0 saturated carbocycles. The van der Waals surface area contributed by atoms with Crippen molar-refractivity contribution in [2.45, 2.75) is 6.36 Å². The van der Waals surface area contributed by atoms with Crippen molar-refractivity contribution >= 4 is 6.29 Å². The van der Waals surface area contributed by atoms with E-state index in [9.17, 15) is 18.0 Å². The number of pyridine rings is 1. The standard InChI is InChI=1S/C8H3F3N2O2/c9-8(10,11)15-6-1-5(4-14)7(2-12)13-3-6/h1,3-4H. The molecule has 0 unspecified atom stereocenters. The van der Waals surface area contributed by atoms with Gasteiger partial charge >= 0.3 is 6.36 Å². The number of aldehydes is 1. The average Bonchev–Trinajstić information content (AvgIpc) is 2.15. The minimum Gasteiger partial charge on any atom is -0.404 e. The molecule has 1 heterocycles. The third-order valence-corrected chi connectivity index (χ3v) is 1.36. The van der Waals surface area contributed by atoms with Crippen LogP contribution in [-0.4, -0.2) is 17.6 Å². The third kappa shape index (κ3) is 2.95. The van der Waals surface area contributed by atoms with E-state index in [4.69, 9.17) is 5.26 Å². The fourth-order valence-corrected chi connectivity index (χ4v) is 0.834. The predicted octanol–water partition coefficient (Wildman–Crippen LogP) is 1.66. The van der Waals surface area contributed by atoms with Gasteiger partial charge in [-0.15, -0.1) is 13.2 Å². The minimum atomic E-state index is -4.85. The van der Waals surface area contributed by atoms with Crippen LogP contribution < -0.4 is 4.74 Å². The minimum absolute atomic E-state index is 0.231. The van der Waals surface area contributed by atoms with E-state index in [2.05, 4.69) is 9.72 Å². The van der Waals surface area contributed by atoms with Gasteiger partial charge in [-0.05, 0) is 6.07 Å². The number of halogens is 3. The molecule has 1 aromatic rings. The van der Waals surface area contributed by atoms with E-state index in [0.29, 0.717) is 0 Å². The first kappa shape index (κ1) is 11.0. The quantitative estimate of drug-likeness (QED) is 0.705. The molecule has 4 nitrogen and oxygen atoms in total. The van der Waals surface area contributed by atoms with Crippen molar-refractivity contribution in [3.8, 4) is 11.8 Å². The summed E-state index contributed by atoms with van der Waals surface area (Å²) in [5.41, 5.74) is -0.501. The van der Waals surface area contributed by atoms with Gasteiger partial charge in [-0.25, -0.2) is 4.98 Å². The van der Waals surface area contributed by atoms with Crippen LogP contribution in [0, 0.1) is 11.3 Å². The van der Waals surface area contributed by atoms with E-state index < -0.39 is 12.1 Å². The summed E-state index contributed by atoms with van der Waals surface area (Å²) in [7, 11) is 0. The van der Waals surface area contributed by atoms with E-state index in [1.807, 2.05) is 0 Å². The second-order valence-corrected chi connectivity index (χ2v) is 2.39. The van der Waals surface area contributed by atoms with Crippen molar-refractivity contribution in [2.75, 3.05) is 0 Å². The molecule has 15 heavy (non-hydrogen) atoms. The SMILES string of the molecule is N#Cc1ncc(OC(F)(F)F)cc1C=O. The van der Waals surface area contributed by atoms with Gasteiger partial charge in [0.15, 0.2) is 12.0 Å². The lowest BCUT2D eigenvalue weighted by atomic mass is 10.2. The molecule has 0 N–H and O–H groups in total. The predicted molar refractivity (Wildman–Crippen MR) is 41.0 cm³/mol. The van der Waals surface area contributed by atoms with Crippen LogP contribution in [0.4, 0.5) is 13.2 Å². The Morgan fingerprint density at radius 3 is 2.67 bits per heavy atom. The Morgan fingerprint density at radius 2 is 2.20 bits per heavy atom. The van der Waals surface area contributed by atoms with Crippen molar-refractivity contribution in [3.05, 3.63) is 23.5 Å². The van der Waals surface area contributed by atoms with Gasteiger partial charge in [-0.2, -0.15) is 5.26 Å². The molecule has 1 aromatic heterocycles. The highest BCUT2D eigenvalue weighted by Gasteiger charge is 2.31. The summed E-state index contributed by atoms with van der Waals surface area (Å²) in [6, 6.07) is 2.36. The maximum Gasteiger partial charge on any atom is 0.573 e. The molecule has 0 spiro atoms. The topological polar surface area (TPSA) is 63.0 Å². The fourth-order valence-electron chi connectivity index (χ4n) is 0.834. The Hall–Kier alpha value is -2.10. The first-order valence-corrected chi connectivity index (χ1v) is 3.57. The van der Waals surface area contributed by atoms with Gasteiger partial charge < -0.3 is 4.74 Å². The van der Waals surface area contributed by atoms with Gasteiger partial charge in [0.2, 0.25) is 0 Å². The molecule has 0 aromatic carbocycles. The van der Waals surface area contributed by atoms with Crippen LogP contribution in [0.15, 0.2) is 12.3 Å². The number of carbonyl (C=O) groups is 1. The zero-order valence-corrected chi connectivity index (χ0v) is 7.08. The molecule has 1 rings (SSSR count). The number of ether oxygens (including phenoxy) is 1. The Morgan fingerprint density at radius 1 is 1.53 bits per heavy atom. The van der Waals surface area contributed by atoms with Crippen molar-refractivity contribution < 1.29 is 22.7 Å². The zero-order valence-electron chi connectivity index (χ0n) is 7.08. The number of alkyl halides is 3. The summed E-state index contributed by atoms with van der Waals surface area (Å²) in [5.74, 6) is -0.636. The van der Waals surface area contributed by atoms with Crippen LogP contribution >= 0.6 is 0 Å². The highest BCUT2D eigenvalue weighted by molar-refractivity contribution is 5.78. The number of nitrogens with zero attached hydrogens (tertiary/aromatic N) is 2. The highest BCUT2D eigenvalue weighted by Crippen LogP contribution is 2.22. The number of aromatic nitrogens is 1. The van der Waals surface area contributed by atoms with E-state index >= 15 is 0 Å². The second kappa shape index (κ2) is 3.96. The van der Waals surface area contributed by atoms with Gasteiger partial charge in [0.05, 0.1) is 11.8 Å². The first-order valence-electron chi connectivity index (χ1n) is 3.57. The van der Waals surface area contributed by atoms with Crippen molar-refractivity contribution in [3.63, 3.8) is 0 Å². The molecule has 0 radical (unpaired) electrons. The Bertz CT molecular complexity index is 423. The van der Waals surface area contributed by atoms with Crippen LogP contribution in [0.5, 0.6) is 5.75 Å². The lowest BCUT2D eigenvalue weighted by molar-refractivity contribution is -0.274. The summed E-state index contributed by atoms with van der Waals surface area (Å²) >= 11 is 0. The van der Waals surface area contributed by atoms with Gasteiger partial charge in [0.25, 0.3) is 0 Å². The Labute approximate surface area is 81.9 Å². The smallest absolute Gasteiger partial charge is 0.404 e. The lowest BCUT2D eigenvalue weighted by Crippen LogP contribution is -2.17. The number of hydrogen-bond acceptors (Lipinski definition) is 4. The number of carbonyl (C=O) groups excluding carboxylic acids is 1. The summed E-state index contributed by atoms with van der Waals surface area (Å²) < 4.78 is 38.8. The van der Waals surface area contributed by atoms with Crippen LogP contribution in [0.1, 0.15) is 16.1 Å². The fraction of sp³-hybridized carbons (Fsp3) is 0.125. The molecular formula is C8H3F3N2O2. The van der Waals surface area contributed by atoms with E-state index in [0.717, 1.165) is 12.3 Å². The average molecular weight is 216 g/mol. The monoisotopic (exact) mass is 216 g/mol. The van der Waals surface area contributed by atoms with Crippen LogP contribution in [0.2, 0.25) is 0 Å². The van der Waals surface area contributed by atoms with E-state index in [1.165, 1.54) is 0 Å². The molecule has 0 atom stereocenters. The molecule has 0 saturated heterocycles. The highest BCUT2D eigenvalue weighted by atomic mass is 19.4. The van der Waals surface area contributed by atoms with Crippen LogP contribution in [0.3, 0.4) is 0 Å². The van der Waals surface area contributed by atoms with E-state index in [-0.39, 0.29) is 17.5 Å². The number of hydrogen-bond donors (Lipinski definition) is 0. The Kier molecular flexibility index (Phi) is 2.90. The largest absolute Gasteiger partial charge is 0.573 e.